The smallest absolute Gasteiger partial charge is 0.228 e. The summed E-state index contributed by atoms with van der Waals surface area (Å²) in [6, 6.07) is 7.89. The molecule has 0 aromatic carbocycles. The van der Waals surface area contributed by atoms with E-state index >= 15 is 0 Å². The molecule has 2 aromatic rings. The summed E-state index contributed by atoms with van der Waals surface area (Å²) in [5.41, 5.74) is 1.01. The van der Waals surface area contributed by atoms with Gasteiger partial charge in [0.25, 0.3) is 0 Å². The highest BCUT2D eigenvalue weighted by Gasteiger charge is 2.36. The fraction of sp³-hybridized carbons (Fsp3) is 0.474. The Morgan fingerprint density at radius 3 is 2.56 bits per heavy atom. The Bertz CT molecular complexity index is 708. The molecule has 2 aliphatic heterocycles. The number of aromatic nitrogens is 3. The number of likely N-dealkylation sites (tertiary alicyclic amines) is 1. The number of carbonyl (C=O) groups excluding carboxylic acids is 1. The van der Waals surface area contributed by atoms with Crippen LogP contribution in [0.15, 0.2) is 42.9 Å². The van der Waals surface area contributed by atoms with Crippen LogP contribution in [0.4, 0.5) is 5.95 Å². The van der Waals surface area contributed by atoms with Crippen molar-refractivity contribution in [2.24, 2.45) is 5.92 Å². The van der Waals surface area contributed by atoms with E-state index in [1.54, 1.807) is 12.4 Å². The summed E-state index contributed by atoms with van der Waals surface area (Å²) in [6.45, 7) is 2.45. The van der Waals surface area contributed by atoms with E-state index in [4.69, 9.17) is 0 Å². The quantitative estimate of drug-likeness (QED) is 0.861. The first-order chi connectivity index (χ1) is 12.3. The highest BCUT2D eigenvalue weighted by molar-refractivity contribution is 5.80. The van der Waals surface area contributed by atoms with E-state index in [0.717, 1.165) is 50.4 Å². The molecule has 0 aliphatic carbocycles. The summed E-state index contributed by atoms with van der Waals surface area (Å²) in [7, 11) is 0. The molecule has 130 valence electrons. The average molecular weight is 337 g/mol. The van der Waals surface area contributed by atoms with Gasteiger partial charge < -0.3 is 9.80 Å². The molecule has 0 radical (unpaired) electrons. The van der Waals surface area contributed by atoms with E-state index in [9.17, 15) is 4.79 Å². The number of piperidine rings is 1. The van der Waals surface area contributed by atoms with Crippen molar-refractivity contribution in [2.45, 2.75) is 31.7 Å². The number of carbonyl (C=O) groups is 1. The van der Waals surface area contributed by atoms with Gasteiger partial charge in [0.2, 0.25) is 11.9 Å². The van der Waals surface area contributed by atoms with Crippen LogP contribution in [0.1, 0.15) is 37.4 Å². The first kappa shape index (κ1) is 16.0. The Kier molecular flexibility index (Phi) is 4.59. The zero-order valence-electron chi connectivity index (χ0n) is 14.3. The minimum Gasteiger partial charge on any atom is -0.340 e. The van der Waals surface area contributed by atoms with Crippen LogP contribution in [-0.4, -0.2) is 45.4 Å². The lowest BCUT2D eigenvalue weighted by Gasteiger charge is -2.35. The third-order valence-corrected chi connectivity index (χ3v) is 5.17. The Labute approximate surface area is 147 Å². The van der Waals surface area contributed by atoms with E-state index in [2.05, 4.69) is 19.9 Å². The van der Waals surface area contributed by atoms with Crippen LogP contribution in [0.25, 0.3) is 0 Å². The topological polar surface area (TPSA) is 62.2 Å². The molecule has 2 aliphatic rings. The monoisotopic (exact) mass is 337 g/mol. The van der Waals surface area contributed by atoms with Crippen LogP contribution >= 0.6 is 0 Å². The van der Waals surface area contributed by atoms with E-state index in [1.807, 2.05) is 35.4 Å². The van der Waals surface area contributed by atoms with Gasteiger partial charge >= 0.3 is 0 Å². The highest BCUT2D eigenvalue weighted by atomic mass is 16.2. The van der Waals surface area contributed by atoms with E-state index in [1.165, 1.54) is 0 Å². The van der Waals surface area contributed by atoms with Crippen LogP contribution in [0.5, 0.6) is 0 Å². The molecule has 0 N–H and O–H groups in total. The molecule has 1 amide bonds. The van der Waals surface area contributed by atoms with Crippen molar-refractivity contribution >= 4 is 11.9 Å². The van der Waals surface area contributed by atoms with Crippen molar-refractivity contribution in [1.82, 2.24) is 19.9 Å². The lowest BCUT2D eigenvalue weighted by molar-refractivity contribution is -0.136. The Morgan fingerprint density at radius 1 is 0.960 bits per heavy atom. The molecule has 2 fully saturated rings. The predicted octanol–water partition coefficient (Wildman–Crippen LogP) is 2.45. The molecule has 2 atom stereocenters. The number of hydrogen-bond donors (Lipinski definition) is 0. The first-order valence-electron chi connectivity index (χ1n) is 9.06. The summed E-state index contributed by atoms with van der Waals surface area (Å²) in [5.74, 6) is 0.998. The second-order valence-corrected chi connectivity index (χ2v) is 6.78. The lowest BCUT2D eigenvalue weighted by Crippen LogP contribution is -2.45. The minimum atomic E-state index is 0.0156. The van der Waals surface area contributed by atoms with E-state index in [0.29, 0.717) is 6.54 Å². The number of pyridine rings is 1. The van der Waals surface area contributed by atoms with Crippen LogP contribution < -0.4 is 4.90 Å². The molecule has 0 bridgehead atoms. The lowest BCUT2D eigenvalue weighted by atomic mass is 9.96. The van der Waals surface area contributed by atoms with Crippen LogP contribution in [0.2, 0.25) is 0 Å². The summed E-state index contributed by atoms with van der Waals surface area (Å²) in [6.07, 6.45) is 9.30. The number of amides is 1. The average Bonchev–Trinajstić information content (AvgIpc) is 3.19. The second kappa shape index (κ2) is 7.17. The van der Waals surface area contributed by atoms with Crippen molar-refractivity contribution in [1.29, 1.82) is 0 Å². The maximum atomic E-state index is 13.2. The fourth-order valence-corrected chi connectivity index (χ4v) is 3.96. The van der Waals surface area contributed by atoms with E-state index in [-0.39, 0.29) is 17.9 Å². The molecule has 6 heteroatoms. The molecule has 6 nitrogen and oxygen atoms in total. The van der Waals surface area contributed by atoms with Crippen molar-refractivity contribution in [2.75, 3.05) is 24.5 Å². The minimum absolute atomic E-state index is 0.0156. The molecule has 2 aromatic heterocycles. The maximum Gasteiger partial charge on any atom is 0.228 e. The normalized spacial score (nSPS) is 23.7. The SMILES string of the molecule is O=C([C@@H]1CCCN(c2ncccn2)C1)N1CCC[C@@H]1c1ccccn1. The van der Waals surface area contributed by atoms with Gasteiger partial charge in [-0.2, -0.15) is 0 Å². The number of hydrogen-bond acceptors (Lipinski definition) is 5. The molecule has 0 spiro atoms. The molecule has 25 heavy (non-hydrogen) atoms. The van der Waals surface area contributed by atoms with Gasteiger partial charge in [-0.3, -0.25) is 9.78 Å². The highest BCUT2D eigenvalue weighted by Crippen LogP contribution is 2.33. The summed E-state index contributed by atoms with van der Waals surface area (Å²) >= 11 is 0. The fourth-order valence-electron chi connectivity index (χ4n) is 3.96. The van der Waals surface area contributed by atoms with Crippen LogP contribution in [-0.2, 0) is 4.79 Å². The zero-order chi connectivity index (χ0) is 17.1. The van der Waals surface area contributed by atoms with Gasteiger partial charge in [0, 0.05) is 38.2 Å². The van der Waals surface area contributed by atoms with Crippen molar-refractivity contribution in [3.63, 3.8) is 0 Å². The van der Waals surface area contributed by atoms with Crippen molar-refractivity contribution < 1.29 is 4.79 Å². The number of anilines is 1. The maximum absolute atomic E-state index is 13.2. The first-order valence-corrected chi connectivity index (χ1v) is 9.06. The molecular formula is C19H23N5O. The standard InChI is InChI=1S/C19H23N5O/c25-18(24-13-4-8-17(24)16-7-1-2-9-20-16)15-6-3-12-23(14-15)19-21-10-5-11-22-19/h1-2,5,7,9-11,15,17H,3-4,6,8,12-14H2/t15-,17-/m1/s1. The van der Waals surface area contributed by atoms with Gasteiger partial charge in [-0.25, -0.2) is 9.97 Å². The summed E-state index contributed by atoms with van der Waals surface area (Å²) < 4.78 is 0. The summed E-state index contributed by atoms with van der Waals surface area (Å²) in [5, 5.41) is 0. The van der Waals surface area contributed by atoms with Gasteiger partial charge in [-0.1, -0.05) is 6.07 Å². The zero-order valence-corrected chi connectivity index (χ0v) is 14.3. The van der Waals surface area contributed by atoms with Gasteiger partial charge in [-0.15, -0.1) is 0 Å². The number of nitrogens with zero attached hydrogens (tertiary/aromatic N) is 5. The molecule has 4 heterocycles. The Morgan fingerprint density at radius 2 is 1.76 bits per heavy atom. The van der Waals surface area contributed by atoms with Gasteiger partial charge in [-0.05, 0) is 43.9 Å². The van der Waals surface area contributed by atoms with Gasteiger partial charge in [0.1, 0.15) is 0 Å². The molecule has 2 saturated heterocycles. The van der Waals surface area contributed by atoms with Gasteiger partial charge in [0.05, 0.1) is 17.7 Å². The van der Waals surface area contributed by atoms with E-state index < -0.39 is 0 Å². The van der Waals surface area contributed by atoms with Crippen molar-refractivity contribution in [3.8, 4) is 0 Å². The molecule has 4 rings (SSSR count). The molecule has 0 saturated carbocycles. The molecular weight excluding hydrogens is 314 g/mol. The third-order valence-electron chi connectivity index (χ3n) is 5.17. The van der Waals surface area contributed by atoms with Crippen LogP contribution in [0.3, 0.4) is 0 Å². The Hall–Kier alpha value is -2.50. The Balaban J connectivity index is 1.48. The largest absolute Gasteiger partial charge is 0.340 e. The second-order valence-electron chi connectivity index (χ2n) is 6.78. The third kappa shape index (κ3) is 3.34. The predicted molar refractivity (Wildman–Crippen MR) is 94.9 cm³/mol. The van der Waals surface area contributed by atoms with Crippen LogP contribution in [0, 0.1) is 5.92 Å². The van der Waals surface area contributed by atoms with Crippen molar-refractivity contribution in [3.05, 3.63) is 48.5 Å². The number of rotatable bonds is 3. The molecule has 0 unspecified atom stereocenters. The van der Waals surface area contributed by atoms with Gasteiger partial charge in [0.15, 0.2) is 0 Å². The summed E-state index contributed by atoms with van der Waals surface area (Å²) in [4.78, 5) is 30.5.